The van der Waals surface area contributed by atoms with Crippen LogP contribution in [0.5, 0.6) is 0 Å². The zero-order chi connectivity index (χ0) is 29.8. The van der Waals surface area contributed by atoms with Crippen molar-refractivity contribution in [1.29, 1.82) is 0 Å². The molecule has 2 radical (unpaired) electrons. The molecule has 0 bridgehead atoms. The highest BCUT2D eigenvalue weighted by Gasteiger charge is 2.45. The Labute approximate surface area is 265 Å². The standard InChI is InChI=1S/C43H29NSi/c1-2-12-33(13-3-1)45-34-28-24-31(25-29-34)43(39-18-8-4-14-35(39)36-15-5-9-19-40(36)43)30-22-26-32(27-23-30)44-41-20-10-6-16-37(41)38-17-7-11-21-42(38)44/h1-29H. The zero-order valence-corrected chi connectivity index (χ0v) is 25.7. The van der Waals surface area contributed by atoms with Gasteiger partial charge in [0.2, 0.25) is 0 Å². The van der Waals surface area contributed by atoms with Gasteiger partial charge >= 0.3 is 0 Å². The van der Waals surface area contributed by atoms with Gasteiger partial charge in [-0.25, -0.2) is 0 Å². The van der Waals surface area contributed by atoms with Gasteiger partial charge in [-0.2, -0.15) is 0 Å². The van der Waals surface area contributed by atoms with Gasteiger partial charge < -0.3 is 4.57 Å². The molecule has 2 heteroatoms. The summed E-state index contributed by atoms with van der Waals surface area (Å²) in [6, 6.07) is 64.9. The predicted molar refractivity (Wildman–Crippen MR) is 190 cm³/mol. The van der Waals surface area contributed by atoms with Crippen LogP contribution in [0.2, 0.25) is 0 Å². The Kier molecular flexibility index (Phi) is 5.97. The van der Waals surface area contributed by atoms with E-state index in [1.165, 1.54) is 71.2 Å². The van der Waals surface area contributed by atoms with E-state index in [1.807, 2.05) is 0 Å². The maximum atomic E-state index is 2.40. The molecule has 0 aliphatic heterocycles. The average molecular weight is 588 g/mol. The van der Waals surface area contributed by atoms with E-state index in [0.29, 0.717) is 9.52 Å². The first-order valence-electron chi connectivity index (χ1n) is 15.5. The molecular formula is C43H29NSi. The number of hydrogen-bond acceptors (Lipinski definition) is 0. The Morgan fingerprint density at radius 3 is 1.40 bits per heavy atom. The quantitative estimate of drug-likeness (QED) is 0.177. The SMILES string of the molecule is c1ccc([Si]c2ccc(C3(c4ccc(-n5c6ccccc6c6ccccc65)cc4)c4ccccc4-c4ccccc43)cc2)cc1. The molecule has 0 atom stereocenters. The minimum Gasteiger partial charge on any atom is -0.309 e. The van der Waals surface area contributed by atoms with Crippen molar-refractivity contribution >= 4 is 41.7 Å². The molecule has 1 aliphatic carbocycles. The van der Waals surface area contributed by atoms with Crippen molar-refractivity contribution in [3.63, 3.8) is 0 Å². The van der Waals surface area contributed by atoms with Crippen molar-refractivity contribution in [2.45, 2.75) is 5.41 Å². The predicted octanol–water partition coefficient (Wildman–Crippen LogP) is 8.80. The Bertz CT molecular complexity index is 2230. The number of para-hydroxylation sites is 2. The van der Waals surface area contributed by atoms with Crippen LogP contribution in [0.4, 0.5) is 0 Å². The summed E-state index contributed by atoms with van der Waals surface area (Å²) >= 11 is 0. The lowest BCUT2D eigenvalue weighted by atomic mass is 9.68. The van der Waals surface area contributed by atoms with Crippen molar-refractivity contribution in [2.24, 2.45) is 0 Å². The first-order chi connectivity index (χ1) is 22.3. The van der Waals surface area contributed by atoms with Crippen LogP contribution in [0.1, 0.15) is 22.3 Å². The maximum Gasteiger partial charge on any atom is 0.121 e. The molecule has 0 saturated heterocycles. The van der Waals surface area contributed by atoms with Gasteiger partial charge in [0.15, 0.2) is 0 Å². The van der Waals surface area contributed by atoms with E-state index in [1.54, 1.807) is 0 Å². The van der Waals surface area contributed by atoms with Crippen molar-refractivity contribution in [1.82, 2.24) is 4.57 Å². The molecular weight excluding hydrogens is 559 g/mol. The van der Waals surface area contributed by atoms with E-state index < -0.39 is 5.41 Å². The maximum absolute atomic E-state index is 2.40. The fraction of sp³-hybridized carbons (Fsp3) is 0.0233. The van der Waals surface area contributed by atoms with Crippen LogP contribution in [-0.2, 0) is 5.41 Å². The van der Waals surface area contributed by atoms with Crippen LogP contribution in [0.25, 0.3) is 38.6 Å². The molecule has 0 unspecified atom stereocenters. The van der Waals surface area contributed by atoms with E-state index in [9.17, 15) is 0 Å². The number of hydrogen-bond donors (Lipinski definition) is 0. The van der Waals surface area contributed by atoms with Gasteiger partial charge in [0.1, 0.15) is 9.52 Å². The summed E-state index contributed by atoms with van der Waals surface area (Å²) < 4.78 is 2.40. The number of aromatic nitrogens is 1. The summed E-state index contributed by atoms with van der Waals surface area (Å²) in [4.78, 5) is 0. The normalized spacial score (nSPS) is 13.2. The van der Waals surface area contributed by atoms with Gasteiger partial charge in [-0.15, -0.1) is 0 Å². The first kappa shape index (κ1) is 26.0. The van der Waals surface area contributed by atoms with Crippen LogP contribution in [0.3, 0.4) is 0 Å². The van der Waals surface area contributed by atoms with Crippen molar-refractivity contribution in [3.05, 3.63) is 198 Å². The Morgan fingerprint density at radius 1 is 0.378 bits per heavy atom. The van der Waals surface area contributed by atoms with Crippen LogP contribution in [0, 0.1) is 0 Å². The minimum atomic E-state index is -0.416. The Morgan fingerprint density at radius 2 is 0.822 bits per heavy atom. The lowest BCUT2D eigenvalue weighted by Crippen LogP contribution is -2.31. The Balaban J connectivity index is 1.24. The van der Waals surface area contributed by atoms with E-state index >= 15 is 0 Å². The molecule has 0 amide bonds. The fourth-order valence-corrected chi connectivity index (χ4v) is 8.60. The van der Waals surface area contributed by atoms with E-state index in [0.717, 1.165) is 0 Å². The third-order valence-corrected chi connectivity index (χ3v) is 10.7. The summed E-state index contributed by atoms with van der Waals surface area (Å²) in [6.45, 7) is 0. The third-order valence-electron chi connectivity index (χ3n) is 9.47. The molecule has 1 aromatic heterocycles. The summed E-state index contributed by atoms with van der Waals surface area (Å²) in [6.07, 6.45) is 0. The van der Waals surface area contributed by atoms with E-state index in [4.69, 9.17) is 0 Å². The van der Waals surface area contributed by atoms with Gasteiger partial charge in [0.25, 0.3) is 0 Å². The van der Waals surface area contributed by atoms with Crippen molar-refractivity contribution in [3.8, 4) is 16.8 Å². The lowest BCUT2D eigenvalue weighted by molar-refractivity contribution is 0.768. The van der Waals surface area contributed by atoms with E-state index in [-0.39, 0.29) is 0 Å². The Hall–Kier alpha value is -5.44. The van der Waals surface area contributed by atoms with Crippen LogP contribution < -0.4 is 10.4 Å². The molecule has 8 aromatic rings. The molecule has 0 fully saturated rings. The second kappa shape index (κ2) is 10.3. The topological polar surface area (TPSA) is 4.93 Å². The lowest BCUT2D eigenvalue weighted by Gasteiger charge is -2.34. The molecule has 1 heterocycles. The summed E-state index contributed by atoms with van der Waals surface area (Å²) in [5, 5.41) is 5.27. The van der Waals surface area contributed by atoms with Crippen molar-refractivity contribution in [2.75, 3.05) is 0 Å². The smallest absolute Gasteiger partial charge is 0.121 e. The summed E-state index contributed by atoms with van der Waals surface area (Å²) in [7, 11) is 0.632. The van der Waals surface area contributed by atoms with E-state index in [2.05, 4.69) is 180 Å². The van der Waals surface area contributed by atoms with Crippen LogP contribution in [-0.4, -0.2) is 14.1 Å². The molecule has 9 rings (SSSR count). The molecule has 0 N–H and O–H groups in total. The van der Waals surface area contributed by atoms with Gasteiger partial charge in [-0.1, -0.05) is 162 Å². The highest BCUT2D eigenvalue weighted by Crippen LogP contribution is 2.55. The number of nitrogens with zero attached hydrogens (tertiary/aromatic N) is 1. The van der Waals surface area contributed by atoms with Gasteiger partial charge in [0.05, 0.1) is 16.4 Å². The molecule has 210 valence electrons. The van der Waals surface area contributed by atoms with Crippen LogP contribution in [0.15, 0.2) is 176 Å². The molecule has 1 nitrogen and oxygen atoms in total. The second-order valence-corrected chi connectivity index (χ2v) is 13.2. The highest BCUT2D eigenvalue weighted by molar-refractivity contribution is 6.67. The monoisotopic (exact) mass is 587 g/mol. The average Bonchev–Trinajstić information content (AvgIpc) is 3.61. The summed E-state index contributed by atoms with van der Waals surface area (Å²) in [5.74, 6) is 0. The van der Waals surface area contributed by atoms with Crippen molar-refractivity contribution < 1.29 is 0 Å². The number of benzene rings is 7. The van der Waals surface area contributed by atoms with Gasteiger partial charge in [0, 0.05) is 16.5 Å². The largest absolute Gasteiger partial charge is 0.309 e. The molecule has 0 saturated carbocycles. The molecule has 7 aromatic carbocycles. The van der Waals surface area contributed by atoms with Gasteiger partial charge in [-0.05, 0) is 57.6 Å². The van der Waals surface area contributed by atoms with Gasteiger partial charge in [-0.3, -0.25) is 0 Å². The molecule has 0 spiro atoms. The second-order valence-electron chi connectivity index (χ2n) is 11.8. The highest BCUT2D eigenvalue weighted by atomic mass is 28.2. The minimum absolute atomic E-state index is 0.416. The number of rotatable bonds is 5. The first-order valence-corrected chi connectivity index (χ1v) is 16.5. The fourth-order valence-electron chi connectivity index (χ4n) is 7.58. The van der Waals surface area contributed by atoms with Crippen LogP contribution >= 0.6 is 0 Å². The summed E-state index contributed by atoms with van der Waals surface area (Å²) in [5.41, 5.74) is 11.1. The molecule has 45 heavy (non-hydrogen) atoms. The number of fused-ring (bicyclic) bond motifs is 6. The zero-order valence-electron chi connectivity index (χ0n) is 24.7. The third kappa shape index (κ3) is 3.93. The molecule has 1 aliphatic rings.